The highest BCUT2D eigenvalue weighted by atomic mass is 16.3. The molecule has 2 N–H and O–H groups in total. The summed E-state index contributed by atoms with van der Waals surface area (Å²) in [4.78, 5) is 0. The van der Waals surface area contributed by atoms with Crippen LogP contribution in [0, 0.1) is 5.92 Å². The maximum absolute atomic E-state index is 10.2. The molecule has 2 heteroatoms. The Hall–Kier alpha value is -0.0800. The predicted octanol–water partition coefficient (Wildman–Crippen LogP) is 2.07. The molecule has 14 heavy (non-hydrogen) atoms. The average Bonchev–Trinajstić information content (AvgIpc) is 2.73. The molecule has 0 bridgehead atoms. The summed E-state index contributed by atoms with van der Waals surface area (Å²) >= 11 is 0. The number of rotatable bonds is 3. The molecule has 0 radical (unpaired) electrons. The lowest BCUT2D eigenvalue weighted by molar-refractivity contribution is 0.0449. The van der Waals surface area contributed by atoms with Gasteiger partial charge in [0, 0.05) is 12.6 Å². The molecule has 2 unspecified atom stereocenters. The van der Waals surface area contributed by atoms with Gasteiger partial charge in [-0.15, -0.1) is 0 Å². The smallest absolute Gasteiger partial charge is 0.0771 e. The summed E-state index contributed by atoms with van der Waals surface area (Å²) in [5.74, 6) is 0.880. The second kappa shape index (κ2) is 4.19. The second-order valence-electron chi connectivity index (χ2n) is 5.43. The molecular weight excluding hydrogens is 174 g/mol. The molecule has 0 aromatic carbocycles. The van der Waals surface area contributed by atoms with E-state index in [0.717, 1.165) is 25.3 Å². The summed E-state index contributed by atoms with van der Waals surface area (Å²) in [6.45, 7) is 3.15. The van der Waals surface area contributed by atoms with Crippen molar-refractivity contribution in [3.05, 3.63) is 0 Å². The van der Waals surface area contributed by atoms with E-state index in [1.54, 1.807) is 0 Å². The van der Waals surface area contributed by atoms with Crippen molar-refractivity contribution in [2.24, 2.45) is 5.92 Å². The third kappa shape index (κ3) is 2.48. The van der Waals surface area contributed by atoms with Crippen LogP contribution in [0.25, 0.3) is 0 Å². The van der Waals surface area contributed by atoms with Gasteiger partial charge in [-0.3, -0.25) is 0 Å². The highest BCUT2D eigenvalue weighted by Gasteiger charge is 2.32. The SMILES string of the molecule is CC1CCC(NCC2(O)CCCC2)C1. The van der Waals surface area contributed by atoms with E-state index in [1.165, 1.54) is 32.1 Å². The van der Waals surface area contributed by atoms with Crippen molar-refractivity contribution in [1.82, 2.24) is 5.32 Å². The van der Waals surface area contributed by atoms with E-state index in [2.05, 4.69) is 12.2 Å². The zero-order valence-corrected chi connectivity index (χ0v) is 9.26. The molecule has 0 amide bonds. The van der Waals surface area contributed by atoms with Gasteiger partial charge in [0.05, 0.1) is 5.60 Å². The maximum atomic E-state index is 10.2. The van der Waals surface area contributed by atoms with Gasteiger partial charge in [0.25, 0.3) is 0 Å². The Kier molecular flexibility index (Phi) is 3.13. The van der Waals surface area contributed by atoms with Crippen molar-refractivity contribution in [2.75, 3.05) is 6.54 Å². The van der Waals surface area contributed by atoms with Crippen LogP contribution in [-0.2, 0) is 0 Å². The summed E-state index contributed by atoms with van der Waals surface area (Å²) in [6.07, 6.45) is 8.38. The van der Waals surface area contributed by atoms with Crippen LogP contribution in [0.2, 0.25) is 0 Å². The summed E-state index contributed by atoms with van der Waals surface area (Å²) in [5.41, 5.74) is -0.369. The summed E-state index contributed by atoms with van der Waals surface area (Å²) in [7, 11) is 0. The van der Waals surface area contributed by atoms with Crippen molar-refractivity contribution in [3.63, 3.8) is 0 Å². The van der Waals surface area contributed by atoms with Crippen LogP contribution in [0.15, 0.2) is 0 Å². The molecule has 2 aliphatic carbocycles. The van der Waals surface area contributed by atoms with Crippen molar-refractivity contribution in [3.8, 4) is 0 Å². The van der Waals surface area contributed by atoms with Crippen LogP contribution >= 0.6 is 0 Å². The van der Waals surface area contributed by atoms with Crippen LogP contribution in [0.4, 0.5) is 0 Å². The first-order valence-corrected chi connectivity index (χ1v) is 6.14. The highest BCUT2D eigenvalue weighted by Crippen LogP contribution is 2.30. The minimum Gasteiger partial charge on any atom is -0.389 e. The van der Waals surface area contributed by atoms with Crippen molar-refractivity contribution in [1.29, 1.82) is 0 Å². The van der Waals surface area contributed by atoms with Gasteiger partial charge in [-0.2, -0.15) is 0 Å². The zero-order chi connectivity index (χ0) is 10.0. The fourth-order valence-electron chi connectivity index (χ4n) is 2.94. The monoisotopic (exact) mass is 197 g/mol. The molecule has 2 nitrogen and oxygen atoms in total. The maximum Gasteiger partial charge on any atom is 0.0771 e. The Morgan fingerprint density at radius 1 is 1.29 bits per heavy atom. The van der Waals surface area contributed by atoms with Gasteiger partial charge in [-0.25, -0.2) is 0 Å². The third-order valence-electron chi connectivity index (χ3n) is 3.95. The first-order chi connectivity index (χ1) is 6.68. The Balaban J connectivity index is 1.71. The molecular formula is C12H23NO. The summed E-state index contributed by atoms with van der Waals surface area (Å²) < 4.78 is 0. The fraction of sp³-hybridized carbons (Fsp3) is 1.00. The van der Waals surface area contributed by atoms with Gasteiger partial charge in [0.2, 0.25) is 0 Å². The number of hydrogen-bond acceptors (Lipinski definition) is 2. The van der Waals surface area contributed by atoms with Crippen LogP contribution < -0.4 is 5.32 Å². The molecule has 0 heterocycles. The molecule has 0 aromatic heterocycles. The molecule has 0 aliphatic heterocycles. The van der Waals surface area contributed by atoms with Crippen LogP contribution in [0.3, 0.4) is 0 Å². The van der Waals surface area contributed by atoms with E-state index in [-0.39, 0.29) is 5.60 Å². The van der Waals surface area contributed by atoms with Gasteiger partial charge in [-0.05, 0) is 38.0 Å². The molecule has 2 fully saturated rings. The van der Waals surface area contributed by atoms with Gasteiger partial charge in [0.1, 0.15) is 0 Å². The molecule has 0 saturated heterocycles. The van der Waals surface area contributed by atoms with Gasteiger partial charge >= 0.3 is 0 Å². The Morgan fingerprint density at radius 2 is 2.00 bits per heavy atom. The Labute approximate surface area is 87.1 Å². The third-order valence-corrected chi connectivity index (χ3v) is 3.95. The minimum atomic E-state index is -0.369. The van der Waals surface area contributed by atoms with Crippen molar-refractivity contribution >= 4 is 0 Å². The molecule has 2 saturated carbocycles. The van der Waals surface area contributed by atoms with Crippen LogP contribution in [0.1, 0.15) is 51.9 Å². The lowest BCUT2D eigenvalue weighted by Gasteiger charge is -2.25. The van der Waals surface area contributed by atoms with Crippen LogP contribution in [0.5, 0.6) is 0 Å². The standard InChI is InChI=1S/C12H23NO/c1-10-4-5-11(8-10)13-9-12(14)6-2-3-7-12/h10-11,13-14H,2-9H2,1H3. The molecule has 0 spiro atoms. The molecule has 2 atom stereocenters. The highest BCUT2D eigenvalue weighted by molar-refractivity contribution is 4.89. The van der Waals surface area contributed by atoms with E-state index >= 15 is 0 Å². The Bertz CT molecular complexity index is 187. The van der Waals surface area contributed by atoms with Crippen LogP contribution in [-0.4, -0.2) is 23.3 Å². The first-order valence-electron chi connectivity index (χ1n) is 6.14. The van der Waals surface area contributed by atoms with E-state index < -0.39 is 0 Å². The average molecular weight is 197 g/mol. The largest absolute Gasteiger partial charge is 0.389 e. The van der Waals surface area contributed by atoms with E-state index in [0.29, 0.717) is 6.04 Å². The van der Waals surface area contributed by atoms with E-state index in [9.17, 15) is 5.11 Å². The topological polar surface area (TPSA) is 32.3 Å². The summed E-state index contributed by atoms with van der Waals surface area (Å²) in [6, 6.07) is 0.676. The van der Waals surface area contributed by atoms with E-state index in [1.807, 2.05) is 0 Å². The van der Waals surface area contributed by atoms with E-state index in [4.69, 9.17) is 0 Å². The normalized spacial score (nSPS) is 36.4. The predicted molar refractivity (Wildman–Crippen MR) is 58.2 cm³/mol. The number of hydrogen-bond donors (Lipinski definition) is 2. The first kappa shape index (κ1) is 10.4. The number of aliphatic hydroxyl groups is 1. The van der Waals surface area contributed by atoms with Crippen molar-refractivity contribution < 1.29 is 5.11 Å². The lowest BCUT2D eigenvalue weighted by atomic mass is 10.0. The van der Waals surface area contributed by atoms with Gasteiger partial charge in [-0.1, -0.05) is 19.8 Å². The molecule has 2 aliphatic rings. The zero-order valence-electron chi connectivity index (χ0n) is 9.26. The summed E-state index contributed by atoms with van der Waals surface area (Å²) in [5, 5.41) is 13.7. The number of nitrogens with one attached hydrogen (secondary N) is 1. The lowest BCUT2D eigenvalue weighted by Crippen LogP contribution is -2.41. The van der Waals surface area contributed by atoms with Gasteiger partial charge < -0.3 is 10.4 Å². The molecule has 2 rings (SSSR count). The minimum absolute atomic E-state index is 0.369. The second-order valence-corrected chi connectivity index (χ2v) is 5.43. The molecule has 82 valence electrons. The Morgan fingerprint density at radius 3 is 2.57 bits per heavy atom. The fourth-order valence-corrected chi connectivity index (χ4v) is 2.94. The van der Waals surface area contributed by atoms with Crippen molar-refractivity contribution in [2.45, 2.75) is 63.5 Å². The van der Waals surface area contributed by atoms with Gasteiger partial charge in [0.15, 0.2) is 0 Å². The quantitative estimate of drug-likeness (QED) is 0.726. The molecule has 0 aromatic rings.